The number of benzene rings is 1. The monoisotopic (exact) mass is 316 g/mol. The second-order valence-electron chi connectivity index (χ2n) is 4.87. The predicted octanol–water partition coefficient (Wildman–Crippen LogP) is 2.89. The molecule has 0 saturated heterocycles. The molecule has 2 N–H and O–H groups in total. The minimum absolute atomic E-state index is 0.0684. The van der Waals surface area contributed by atoms with Crippen molar-refractivity contribution in [2.75, 3.05) is 13.1 Å². The zero-order chi connectivity index (χ0) is 15.1. The van der Waals surface area contributed by atoms with Gasteiger partial charge >= 0.3 is 0 Å². The minimum Gasteiger partial charge on any atom is -0.355 e. The van der Waals surface area contributed by atoms with Gasteiger partial charge in [-0.05, 0) is 30.5 Å². The van der Waals surface area contributed by atoms with E-state index in [-0.39, 0.29) is 18.4 Å². The molecule has 0 aliphatic rings. The Morgan fingerprint density at radius 3 is 2.25 bits per heavy atom. The molecule has 1 aromatic rings. The number of nitrogens with one attached hydrogen (secondary N) is 2. The normalized spacial score (nSPS) is 10.4. The lowest BCUT2D eigenvalue weighted by atomic mass is 10.1. The second kappa shape index (κ2) is 8.12. The van der Waals surface area contributed by atoms with Crippen LogP contribution in [0.25, 0.3) is 0 Å². The summed E-state index contributed by atoms with van der Waals surface area (Å²) in [7, 11) is 0. The zero-order valence-electron chi connectivity index (χ0n) is 11.5. The molecule has 0 saturated carbocycles. The average molecular weight is 317 g/mol. The number of hydrogen-bond donors (Lipinski definition) is 2. The highest BCUT2D eigenvalue weighted by molar-refractivity contribution is 6.35. The van der Waals surface area contributed by atoms with Crippen LogP contribution in [0.4, 0.5) is 0 Å². The topological polar surface area (TPSA) is 58.2 Å². The van der Waals surface area contributed by atoms with E-state index < -0.39 is 0 Å². The van der Waals surface area contributed by atoms with Gasteiger partial charge in [0, 0.05) is 22.2 Å². The molecule has 0 atom stereocenters. The first-order valence-corrected chi connectivity index (χ1v) is 7.15. The number of halogens is 2. The van der Waals surface area contributed by atoms with E-state index >= 15 is 0 Å². The molecule has 4 nitrogen and oxygen atoms in total. The van der Waals surface area contributed by atoms with Crippen LogP contribution in [0.2, 0.25) is 10.0 Å². The quantitative estimate of drug-likeness (QED) is 0.847. The number of amides is 2. The van der Waals surface area contributed by atoms with E-state index in [1.54, 1.807) is 6.07 Å². The standard InChI is InChI=1S/C14H18Cl2N2O2/c1-9(2)3-4-17-13(19)8-18-14(20)10-5-11(15)7-12(16)6-10/h5-7,9H,3-4,8H2,1-2H3,(H,17,19)(H,18,20). The molecular weight excluding hydrogens is 299 g/mol. The molecule has 0 unspecified atom stereocenters. The third kappa shape index (κ3) is 6.26. The summed E-state index contributed by atoms with van der Waals surface area (Å²) in [6, 6.07) is 4.54. The van der Waals surface area contributed by atoms with Crippen molar-refractivity contribution in [1.82, 2.24) is 10.6 Å². The van der Waals surface area contributed by atoms with Crippen molar-refractivity contribution in [3.05, 3.63) is 33.8 Å². The van der Waals surface area contributed by atoms with Crippen LogP contribution in [0.15, 0.2) is 18.2 Å². The van der Waals surface area contributed by atoms with E-state index in [2.05, 4.69) is 24.5 Å². The van der Waals surface area contributed by atoms with Crippen LogP contribution >= 0.6 is 23.2 Å². The maximum absolute atomic E-state index is 11.8. The first-order valence-electron chi connectivity index (χ1n) is 6.39. The molecule has 110 valence electrons. The lowest BCUT2D eigenvalue weighted by molar-refractivity contribution is -0.120. The summed E-state index contributed by atoms with van der Waals surface area (Å²) in [6.45, 7) is 4.70. The first kappa shape index (κ1) is 16.8. The molecule has 0 bridgehead atoms. The van der Waals surface area contributed by atoms with Crippen molar-refractivity contribution in [2.24, 2.45) is 5.92 Å². The highest BCUT2D eigenvalue weighted by Gasteiger charge is 2.09. The van der Waals surface area contributed by atoms with Gasteiger partial charge in [0.15, 0.2) is 0 Å². The molecule has 1 aromatic carbocycles. The molecular formula is C14H18Cl2N2O2. The van der Waals surface area contributed by atoms with Crippen LogP contribution in [-0.4, -0.2) is 24.9 Å². The van der Waals surface area contributed by atoms with Gasteiger partial charge in [-0.15, -0.1) is 0 Å². The lowest BCUT2D eigenvalue weighted by Crippen LogP contribution is -2.37. The first-order chi connectivity index (χ1) is 9.38. The Morgan fingerprint density at radius 2 is 1.70 bits per heavy atom. The Morgan fingerprint density at radius 1 is 1.10 bits per heavy atom. The molecule has 0 fully saturated rings. The SMILES string of the molecule is CC(C)CCNC(=O)CNC(=O)c1cc(Cl)cc(Cl)c1. The van der Waals surface area contributed by atoms with Gasteiger partial charge in [0.2, 0.25) is 5.91 Å². The van der Waals surface area contributed by atoms with Gasteiger partial charge in [-0.1, -0.05) is 37.0 Å². The maximum Gasteiger partial charge on any atom is 0.251 e. The smallest absolute Gasteiger partial charge is 0.251 e. The Balaban J connectivity index is 2.41. The van der Waals surface area contributed by atoms with Crippen LogP contribution in [-0.2, 0) is 4.79 Å². The van der Waals surface area contributed by atoms with E-state index in [1.807, 2.05) is 0 Å². The minimum atomic E-state index is -0.381. The molecule has 0 radical (unpaired) electrons. The molecule has 2 amide bonds. The van der Waals surface area contributed by atoms with Gasteiger partial charge in [0.1, 0.15) is 0 Å². The van der Waals surface area contributed by atoms with Gasteiger partial charge in [-0.3, -0.25) is 9.59 Å². The van der Waals surface area contributed by atoms with Crippen molar-refractivity contribution in [2.45, 2.75) is 20.3 Å². The third-order valence-electron chi connectivity index (χ3n) is 2.58. The molecule has 0 aliphatic carbocycles. The van der Waals surface area contributed by atoms with E-state index in [0.29, 0.717) is 28.1 Å². The fourth-order valence-corrected chi connectivity index (χ4v) is 2.04. The molecule has 0 heterocycles. The van der Waals surface area contributed by atoms with E-state index in [9.17, 15) is 9.59 Å². The van der Waals surface area contributed by atoms with Gasteiger partial charge < -0.3 is 10.6 Å². The molecule has 0 spiro atoms. The Hall–Kier alpha value is -1.26. The summed E-state index contributed by atoms with van der Waals surface area (Å²) < 4.78 is 0. The Bertz CT molecular complexity index is 470. The molecule has 20 heavy (non-hydrogen) atoms. The van der Waals surface area contributed by atoms with E-state index in [4.69, 9.17) is 23.2 Å². The summed E-state index contributed by atoms with van der Waals surface area (Å²) in [5.41, 5.74) is 0.331. The number of carbonyl (C=O) groups excluding carboxylic acids is 2. The lowest BCUT2D eigenvalue weighted by Gasteiger charge is -2.08. The Labute approximate surface area is 128 Å². The Kier molecular flexibility index (Phi) is 6.82. The van der Waals surface area contributed by atoms with Gasteiger partial charge in [0.25, 0.3) is 5.91 Å². The number of hydrogen-bond acceptors (Lipinski definition) is 2. The van der Waals surface area contributed by atoms with Gasteiger partial charge in [-0.2, -0.15) is 0 Å². The van der Waals surface area contributed by atoms with Crippen molar-refractivity contribution >= 4 is 35.0 Å². The summed E-state index contributed by atoms with van der Waals surface area (Å²) in [5, 5.41) is 6.02. The van der Waals surface area contributed by atoms with E-state index in [1.165, 1.54) is 12.1 Å². The second-order valence-corrected chi connectivity index (χ2v) is 5.75. The largest absolute Gasteiger partial charge is 0.355 e. The molecule has 0 aliphatic heterocycles. The van der Waals surface area contributed by atoms with Crippen LogP contribution in [0, 0.1) is 5.92 Å². The number of rotatable bonds is 6. The summed E-state index contributed by atoms with van der Waals surface area (Å²) in [5.74, 6) is -0.0703. The number of carbonyl (C=O) groups is 2. The van der Waals surface area contributed by atoms with Gasteiger partial charge in [0.05, 0.1) is 6.54 Å². The summed E-state index contributed by atoms with van der Waals surface area (Å²) in [6.07, 6.45) is 0.906. The van der Waals surface area contributed by atoms with Crippen molar-refractivity contribution in [3.63, 3.8) is 0 Å². The van der Waals surface area contributed by atoms with Gasteiger partial charge in [-0.25, -0.2) is 0 Å². The fourth-order valence-electron chi connectivity index (χ4n) is 1.51. The molecule has 1 rings (SSSR count). The summed E-state index contributed by atoms with van der Waals surface area (Å²) in [4.78, 5) is 23.3. The van der Waals surface area contributed by atoms with Crippen LogP contribution < -0.4 is 10.6 Å². The fraction of sp³-hybridized carbons (Fsp3) is 0.429. The van der Waals surface area contributed by atoms with Crippen molar-refractivity contribution in [3.8, 4) is 0 Å². The molecule has 6 heteroatoms. The zero-order valence-corrected chi connectivity index (χ0v) is 13.0. The maximum atomic E-state index is 11.8. The van der Waals surface area contributed by atoms with E-state index in [0.717, 1.165) is 6.42 Å². The summed E-state index contributed by atoms with van der Waals surface area (Å²) >= 11 is 11.6. The van der Waals surface area contributed by atoms with Crippen LogP contribution in [0.1, 0.15) is 30.6 Å². The predicted molar refractivity (Wildman–Crippen MR) is 81.3 cm³/mol. The average Bonchev–Trinajstić information content (AvgIpc) is 2.34. The van der Waals surface area contributed by atoms with Crippen molar-refractivity contribution < 1.29 is 9.59 Å². The van der Waals surface area contributed by atoms with Crippen LogP contribution in [0.3, 0.4) is 0 Å². The third-order valence-corrected chi connectivity index (χ3v) is 3.01. The highest BCUT2D eigenvalue weighted by atomic mass is 35.5. The van der Waals surface area contributed by atoms with Crippen molar-refractivity contribution in [1.29, 1.82) is 0 Å². The molecule has 0 aromatic heterocycles. The highest BCUT2D eigenvalue weighted by Crippen LogP contribution is 2.18. The van der Waals surface area contributed by atoms with Crippen LogP contribution in [0.5, 0.6) is 0 Å².